The number of amides is 1. The van der Waals surface area contributed by atoms with Crippen molar-refractivity contribution in [2.45, 2.75) is 39.2 Å². The van der Waals surface area contributed by atoms with Crippen molar-refractivity contribution in [1.29, 1.82) is 0 Å². The first-order valence-electron chi connectivity index (χ1n) is 7.70. The molecule has 0 spiro atoms. The minimum Gasteiger partial charge on any atom is -0.326 e. The molecule has 22 heavy (non-hydrogen) atoms. The predicted octanol–water partition coefficient (Wildman–Crippen LogP) is 3.24. The van der Waals surface area contributed by atoms with Gasteiger partial charge in [0.1, 0.15) is 5.54 Å². The van der Waals surface area contributed by atoms with E-state index in [4.69, 9.17) is 0 Å². The molecule has 2 heterocycles. The molecule has 1 aliphatic rings. The molecule has 3 rings (SSSR count). The van der Waals surface area contributed by atoms with Crippen molar-refractivity contribution in [3.63, 3.8) is 0 Å². The normalized spacial score (nSPS) is 21.1. The first-order chi connectivity index (χ1) is 10.5. The lowest BCUT2D eigenvalue weighted by Gasteiger charge is -2.34. The predicted molar refractivity (Wildman–Crippen MR) is 85.6 cm³/mol. The Balaban J connectivity index is 2.00. The maximum Gasteiger partial charge on any atom is 0.254 e. The van der Waals surface area contributed by atoms with Gasteiger partial charge in [-0.1, -0.05) is 18.2 Å². The Bertz CT molecular complexity index is 678. The molecule has 0 N–H and O–H groups in total. The fourth-order valence-corrected chi connectivity index (χ4v) is 3.22. The van der Waals surface area contributed by atoms with E-state index < -0.39 is 5.54 Å². The van der Waals surface area contributed by atoms with Crippen LogP contribution in [0.4, 0.5) is 0 Å². The first-order valence-corrected chi connectivity index (χ1v) is 7.70. The van der Waals surface area contributed by atoms with E-state index in [1.807, 2.05) is 55.1 Å². The zero-order valence-electron chi connectivity index (χ0n) is 13.3. The molecular weight excluding hydrogens is 274 g/mol. The topological polar surface area (TPSA) is 46.1 Å². The molecule has 0 radical (unpaired) electrons. The first kappa shape index (κ1) is 14.7. The number of carbonyl (C=O) groups is 1. The molecule has 0 unspecified atom stereocenters. The van der Waals surface area contributed by atoms with E-state index in [2.05, 4.69) is 16.9 Å². The fraction of sp³-hybridized carbons (Fsp3) is 0.389. The van der Waals surface area contributed by atoms with Crippen molar-refractivity contribution in [1.82, 2.24) is 14.9 Å². The van der Waals surface area contributed by atoms with Crippen LogP contribution < -0.4 is 0 Å². The lowest BCUT2D eigenvalue weighted by molar-refractivity contribution is 0.0603. The summed E-state index contributed by atoms with van der Waals surface area (Å²) < 4.78 is 0. The third-order valence-electron chi connectivity index (χ3n) is 4.37. The summed E-state index contributed by atoms with van der Waals surface area (Å²) in [5.41, 5.74) is 2.19. The van der Waals surface area contributed by atoms with Gasteiger partial charge in [0.25, 0.3) is 5.91 Å². The summed E-state index contributed by atoms with van der Waals surface area (Å²) in [6.07, 6.45) is 1.87. The van der Waals surface area contributed by atoms with E-state index in [9.17, 15) is 4.79 Å². The monoisotopic (exact) mass is 295 g/mol. The number of benzene rings is 1. The molecule has 2 aromatic rings. The summed E-state index contributed by atoms with van der Waals surface area (Å²) in [5, 5.41) is 0. The van der Waals surface area contributed by atoms with Gasteiger partial charge in [0.15, 0.2) is 5.82 Å². The van der Waals surface area contributed by atoms with Gasteiger partial charge in [-0.15, -0.1) is 0 Å². The smallest absolute Gasteiger partial charge is 0.254 e. The van der Waals surface area contributed by atoms with Crippen LogP contribution in [0.15, 0.2) is 36.4 Å². The molecule has 1 saturated heterocycles. The number of hydrogen-bond donors (Lipinski definition) is 0. The molecule has 1 fully saturated rings. The number of likely N-dealkylation sites (tertiary alicyclic amines) is 1. The van der Waals surface area contributed by atoms with Gasteiger partial charge in [-0.05, 0) is 51.8 Å². The van der Waals surface area contributed by atoms with Crippen molar-refractivity contribution >= 4 is 5.91 Å². The van der Waals surface area contributed by atoms with Crippen molar-refractivity contribution in [2.24, 2.45) is 0 Å². The molecule has 0 aliphatic carbocycles. The lowest BCUT2D eigenvalue weighted by Crippen LogP contribution is -2.44. The average molecular weight is 295 g/mol. The molecule has 1 aliphatic heterocycles. The Hall–Kier alpha value is -2.23. The summed E-state index contributed by atoms with van der Waals surface area (Å²) in [4.78, 5) is 24.0. The van der Waals surface area contributed by atoms with Gasteiger partial charge in [0, 0.05) is 23.5 Å². The Labute approximate surface area is 131 Å². The maximum absolute atomic E-state index is 12.9. The standard InChI is InChI=1S/C18H21N3O/c1-13-12-14(2)20-17(19-13)18(3)10-7-11-21(18)16(22)15-8-5-4-6-9-15/h4-6,8-9,12H,7,10-11H2,1-3H3/t18-/m1/s1. The Morgan fingerprint density at radius 2 is 1.77 bits per heavy atom. The van der Waals surface area contributed by atoms with Crippen molar-refractivity contribution in [3.05, 3.63) is 59.2 Å². The molecule has 0 saturated carbocycles. The summed E-state index contributed by atoms with van der Waals surface area (Å²) in [7, 11) is 0. The highest BCUT2D eigenvalue weighted by atomic mass is 16.2. The van der Waals surface area contributed by atoms with Crippen LogP contribution >= 0.6 is 0 Å². The van der Waals surface area contributed by atoms with Gasteiger partial charge in [0.05, 0.1) is 0 Å². The van der Waals surface area contributed by atoms with Crippen LogP contribution in [0.25, 0.3) is 0 Å². The zero-order valence-corrected chi connectivity index (χ0v) is 13.3. The fourth-order valence-electron chi connectivity index (χ4n) is 3.22. The summed E-state index contributed by atoms with van der Waals surface area (Å²) in [5.74, 6) is 0.815. The molecular formula is C18H21N3O. The Morgan fingerprint density at radius 3 is 2.41 bits per heavy atom. The number of hydrogen-bond acceptors (Lipinski definition) is 3. The molecule has 1 amide bonds. The zero-order chi connectivity index (χ0) is 15.7. The Kier molecular flexibility index (Phi) is 3.69. The van der Waals surface area contributed by atoms with Gasteiger partial charge in [0.2, 0.25) is 0 Å². The largest absolute Gasteiger partial charge is 0.326 e. The minimum atomic E-state index is -0.427. The van der Waals surface area contributed by atoms with Crippen LogP contribution in [0.5, 0.6) is 0 Å². The van der Waals surface area contributed by atoms with Gasteiger partial charge in [-0.25, -0.2) is 9.97 Å². The second-order valence-electron chi connectivity index (χ2n) is 6.17. The van der Waals surface area contributed by atoms with Crippen LogP contribution in [0.3, 0.4) is 0 Å². The van der Waals surface area contributed by atoms with E-state index in [0.717, 1.165) is 42.2 Å². The Morgan fingerprint density at radius 1 is 1.14 bits per heavy atom. The number of aromatic nitrogens is 2. The average Bonchev–Trinajstić information content (AvgIpc) is 2.90. The number of carbonyl (C=O) groups excluding carboxylic acids is 1. The van der Waals surface area contributed by atoms with E-state index in [0.29, 0.717) is 0 Å². The minimum absolute atomic E-state index is 0.0587. The summed E-state index contributed by atoms with van der Waals surface area (Å²) in [6, 6.07) is 11.4. The van der Waals surface area contributed by atoms with Gasteiger partial charge in [-0.2, -0.15) is 0 Å². The lowest BCUT2D eigenvalue weighted by atomic mass is 9.96. The van der Waals surface area contributed by atoms with E-state index in [1.54, 1.807) is 0 Å². The number of aryl methyl sites for hydroxylation is 2. The maximum atomic E-state index is 12.9. The van der Waals surface area contributed by atoms with Crippen LogP contribution in [0.1, 0.15) is 47.3 Å². The third-order valence-corrected chi connectivity index (χ3v) is 4.37. The van der Waals surface area contributed by atoms with Crippen LogP contribution in [0.2, 0.25) is 0 Å². The highest BCUT2D eigenvalue weighted by molar-refractivity contribution is 5.94. The van der Waals surface area contributed by atoms with E-state index in [1.165, 1.54) is 0 Å². The van der Waals surface area contributed by atoms with Gasteiger partial charge < -0.3 is 4.90 Å². The molecule has 4 heteroatoms. The molecule has 0 bridgehead atoms. The molecule has 1 aromatic heterocycles. The number of nitrogens with zero attached hydrogens (tertiary/aromatic N) is 3. The van der Waals surface area contributed by atoms with Crippen molar-refractivity contribution < 1.29 is 4.79 Å². The summed E-state index contributed by atoms with van der Waals surface area (Å²) in [6.45, 7) is 6.77. The molecule has 4 nitrogen and oxygen atoms in total. The molecule has 114 valence electrons. The summed E-state index contributed by atoms with van der Waals surface area (Å²) >= 11 is 0. The van der Waals surface area contributed by atoms with Gasteiger partial charge >= 0.3 is 0 Å². The van der Waals surface area contributed by atoms with Crippen LogP contribution in [-0.2, 0) is 5.54 Å². The van der Waals surface area contributed by atoms with Crippen LogP contribution in [-0.4, -0.2) is 27.3 Å². The second kappa shape index (κ2) is 5.52. The van der Waals surface area contributed by atoms with Gasteiger partial charge in [-0.3, -0.25) is 4.79 Å². The second-order valence-corrected chi connectivity index (χ2v) is 6.17. The molecule has 1 aromatic carbocycles. The SMILES string of the molecule is Cc1cc(C)nc([C@@]2(C)CCCN2C(=O)c2ccccc2)n1. The van der Waals surface area contributed by atoms with Crippen molar-refractivity contribution in [3.8, 4) is 0 Å². The third kappa shape index (κ3) is 2.49. The van der Waals surface area contributed by atoms with Crippen molar-refractivity contribution in [2.75, 3.05) is 6.54 Å². The van der Waals surface area contributed by atoms with E-state index >= 15 is 0 Å². The highest BCUT2D eigenvalue weighted by Gasteiger charge is 2.43. The highest BCUT2D eigenvalue weighted by Crippen LogP contribution is 2.37. The molecule has 1 atom stereocenters. The van der Waals surface area contributed by atoms with E-state index in [-0.39, 0.29) is 5.91 Å². The van der Waals surface area contributed by atoms with Crippen LogP contribution in [0, 0.1) is 13.8 Å². The quantitative estimate of drug-likeness (QED) is 0.854. The number of rotatable bonds is 2.